The van der Waals surface area contributed by atoms with E-state index in [-0.39, 0.29) is 5.75 Å². The summed E-state index contributed by atoms with van der Waals surface area (Å²) < 4.78 is 4.97. The summed E-state index contributed by atoms with van der Waals surface area (Å²) in [4.78, 5) is 11.0. The highest BCUT2D eigenvalue weighted by Gasteiger charge is 2.04. The molecule has 2 rings (SSSR count). The molecule has 18 heavy (non-hydrogen) atoms. The van der Waals surface area contributed by atoms with Crippen molar-refractivity contribution in [1.82, 2.24) is 0 Å². The first-order valence-electron chi connectivity index (χ1n) is 5.43. The number of rotatable bonds is 3. The lowest BCUT2D eigenvalue weighted by Gasteiger charge is -2.06. The van der Waals surface area contributed by atoms with Gasteiger partial charge in [0.05, 0.1) is 0 Å². The number of carbonyl (C=O) groups is 1. The first-order valence-corrected chi connectivity index (χ1v) is 5.43. The maximum absolute atomic E-state index is 11.0. The van der Waals surface area contributed by atoms with Gasteiger partial charge in [0.2, 0.25) is 0 Å². The van der Waals surface area contributed by atoms with Crippen LogP contribution >= 0.6 is 0 Å². The molecule has 0 bridgehead atoms. The van der Waals surface area contributed by atoms with Gasteiger partial charge < -0.3 is 9.84 Å². The van der Waals surface area contributed by atoms with Gasteiger partial charge in [-0.1, -0.05) is 36.9 Å². The van der Waals surface area contributed by atoms with Crippen LogP contribution < -0.4 is 4.74 Å². The number of para-hydroxylation sites is 1. The van der Waals surface area contributed by atoms with Crippen molar-refractivity contribution in [3.63, 3.8) is 0 Å². The molecule has 0 saturated carbocycles. The second-order valence-corrected chi connectivity index (χ2v) is 3.67. The van der Waals surface area contributed by atoms with E-state index < -0.39 is 5.97 Å². The zero-order valence-corrected chi connectivity index (χ0v) is 9.67. The van der Waals surface area contributed by atoms with Gasteiger partial charge in [-0.05, 0) is 23.8 Å². The largest absolute Gasteiger partial charge is 0.507 e. The van der Waals surface area contributed by atoms with Crippen LogP contribution in [-0.4, -0.2) is 11.1 Å². The number of esters is 1. The molecule has 0 fully saturated rings. The summed E-state index contributed by atoms with van der Waals surface area (Å²) in [7, 11) is 0. The summed E-state index contributed by atoms with van der Waals surface area (Å²) in [5.41, 5.74) is 1.59. The minimum Gasteiger partial charge on any atom is -0.507 e. The summed E-state index contributed by atoms with van der Waals surface area (Å²) in [6.45, 7) is 3.33. The Morgan fingerprint density at radius 3 is 2.39 bits per heavy atom. The maximum atomic E-state index is 11.0. The first kappa shape index (κ1) is 11.9. The van der Waals surface area contributed by atoms with E-state index in [9.17, 15) is 9.90 Å². The molecule has 0 aliphatic carbocycles. The fourth-order valence-electron chi connectivity index (χ4n) is 1.58. The predicted octanol–water partition coefficient (Wildman–Crippen LogP) is 3.15. The highest BCUT2D eigenvalue weighted by atomic mass is 16.5. The van der Waals surface area contributed by atoms with E-state index in [1.807, 2.05) is 12.1 Å². The first-order chi connectivity index (χ1) is 8.70. The Morgan fingerprint density at radius 2 is 1.78 bits per heavy atom. The lowest BCUT2D eigenvalue weighted by molar-refractivity contribution is -0.128. The lowest BCUT2D eigenvalue weighted by Crippen LogP contribution is -2.02. The molecule has 0 aliphatic heterocycles. The zero-order valence-electron chi connectivity index (χ0n) is 9.67. The normalized spacial score (nSPS) is 9.78. The number of carbonyl (C=O) groups excluding carboxylic acids is 1. The summed E-state index contributed by atoms with van der Waals surface area (Å²) in [6, 6.07) is 14.0. The Bertz CT molecular complexity index is 571. The molecule has 1 N–H and O–H groups in total. The van der Waals surface area contributed by atoms with Gasteiger partial charge in [-0.2, -0.15) is 0 Å². The van der Waals surface area contributed by atoms with Gasteiger partial charge in [0, 0.05) is 11.6 Å². The van der Waals surface area contributed by atoms with Crippen molar-refractivity contribution in [2.75, 3.05) is 0 Å². The number of phenols is 1. The Hall–Kier alpha value is -2.55. The summed E-state index contributed by atoms with van der Waals surface area (Å²) >= 11 is 0. The van der Waals surface area contributed by atoms with Gasteiger partial charge in [-0.3, -0.25) is 0 Å². The standard InChI is InChI=1S/C15H12O3/c1-2-15(17)18-12-9-7-11(8-10-12)13-5-3-4-6-14(13)16/h2-10,16H,1H2. The van der Waals surface area contributed by atoms with Crippen LogP contribution in [-0.2, 0) is 4.79 Å². The molecule has 90 valence electrons. The average Bonchev–Trinajstić information content (AvgIpc) is 2.40. The quantitative estimate of drug-likeness (QED) is 0.509. The molecule has 0 unspecified atom stereocenters. The van der Waals surface area contributed by atoms with Crippen LogP contribution in [0.5, 0.6) is 11.5 Å². The minimum absolute atomic E-state index is 0.216. The van der Waals surface area contributed by atoms with E-state index in [1.165, 1.54) is 0 Å². The van der Waals surface area contributed by atoms with Crippen LogP contribution in [0.3, 0.4) is 0 Å². The molecule has 0 spiro atoms. The fraction of sp³-hybridized carbons (Fsp3) is 0. The van der Waals surface area contributed by atoms with Crippen molar-refractivity contribution >= 4 is 5.97 Å². The van der Waals surface area contributed by atoms with Gasteiger partial charge >= 0.3 is 5.97 Å². The van der Waals surface area contributed by atoms with Crippen molar-refractivity contribution in [2.45, 2.75) is 0 Å². The third kappa shape index (κ3) is 2.58. The number of benzene rings is 2. The summed E-state index contributed by atoms with van der Waals surface area (Å²) in [5.74, 6) is 0.165. The Kier molecular flexibility index (Phi) is 3.44. The topological polar surface area (TPSA) is 46.5 Å². The van der Waals surface area contributed by atoms with E-state index in [1.54, 1.807) is 36.4 Å². The lowest BCUT2D eigenvalue weighted by atomic mass is 10.0. The molecule has 3 nitrogen and oxygen atoms in total. The third-order valence-corrected chi connectivity index (χ3v) is 2.45. The second kappa shape index (κ2) is 5.19. The van der Waals surface area contributed by atoms with Crippen LogP contribution in [0.1, 0.15) is 0 Å². The Labute approximate surface area is 105 Å². The summed E-state index contributed by atoms with van der Waals surface area (Å²) in [6.07, 6.45) is 1.11. The molecule has 0 heterocycles. The molecule has 3 heteroatoms. The Morgan fingerprint density at radius 1 is 1.11 bits per heavy atom. The molecule has 0 aromatic heterocycles. The molecule has 2 aromatic carbocycles. The summed E-state index contributed by atoms with van der Waals surface area (Å²) in [5, 5.41) is 9.72. The molecular weight excluding hydrogens is 228 g/mol. The van der Waals surface area contributed by atoms with Crippen molar-refractivity contribution in [3.05, 3.63) is 61.2 Å². The van der Waals surface area contributed by atoms with Crippen LogP contribution in [0, 0.1) is 0 Å². The van der Waals surface area contributed by atoms with E-state index in [0.717, 1.165) is 17.2 Å². The van der Waals surface area contributed by atoms with Crippen LogP contribution in [0.25, 0.3) is 11.1 Å². The SMILES string of the molecule is C=CC(=O)Oc1ccc(-c2ccccc2O)cc1. The number of phenolic OH excluding ortho intramolecular Hbond substituents is 1. The van der Waals surface area contributed by atoms with Gasteiger partial charge in [-0.15, -0.1) is 0 Å². The number of hydrogen-bond acceptors (Lipinski definition) is 3. The van der Waals surface area contributed by atoms with Crippen molar-refractivity contribution in [3.8, 4) is 22.6 Å². The van der Waals surface area contributed by atoms with Gasteiger partial charge in [0.25, 0.3) is 0 Å². The number of aromatic hydroxyl groups is 1. The molecular formula is C15H12O3. The average molecular weight is 240 g/mol. The van der Waals surface area contributed by atoms with Crippen molar-refractivity contribution in [2.24, 2.45) is 0 Å². The predicted molar refractivity (Wildman–Crippen MR) is 69.4 cm³/mol. The van der Waals surface area contributed by atoms with E-state index in [4.69, 9.17) is 4.74 Å². The zero-order chi connectivity index (χ0) is 13.0. The van der Waals surface area contributed by atoms with Crippen molar-refractivity contribution in [1.29, 1.82) is 0 Å². The van der Waals surface area contributed by atoms with E-state index >= 15 is 0 Å². The minimum atomic E-state index is -0.495. The molecule has 0 aliphatic rings. The van der Waals surface area contributed by atoms with Crippen molar-refractivity contribution < 1.29 is 14.6 Å². The Balaban J connectivity index is 2.25. The van der Waals surface area contributed by atoms with Crippen LogP contribution in [0.4, 0.5) is 0 Å². The smallest absolute Gasteiger partial charge is 0.335 e. The van der Waals surface area contributed by atoms with E-state index in [0.29, 0.717) is 5.75 Å². The molecule has 0 amide bonds. The molecule has 0 atom stereocenters. The number of hydrogen-bond donors (Lipinski definition) is 1. The number of ether oxygens (including phenoxy) is 1. The van der Waals surface area contributed by atoms with Gasteiger partial charge in [0.15, 0.2) is 0 Å². The third-order valence-electron chi connectivity index (χ3n) is 2.45. The van der Waals surface area contributed by atoms with Gasteiger partial charge in [0.1, 0.15) is 11.5 Å². The monoisotopic (exact) mass is 240 g/mol. The molecule has 2 aromatic rings. The van der Waals surface area contributed by atoms with Gasteiger partial charge in [-0.25, -0.2) is 4.79 Å². The highest BCUT2D eigenvalue weighted by molar-refractivity contribution is 5.83. The van der Waals surface area contributed by atoms with Crippen LogP contribution in [0.2, 0.25) is 0 Å². The second-order valence-electron chi connectivity index (χ2n) is 3.67. The molecule has 0 radical (unpaired) electrons. The highest BCUT2D eigenvalue weighted by Crippen LogP contribution is 2.29. The fourth-order valence-corrected chi connectivity index (χ4v) is 1.58. The van der Waals surface area contributed by atoms with E-state index in [2.05, 4.69) is 6.58 Å². The maximum Gasteiger partial charge on any atom is 0.335 e. The van der Waals surface area contributed by atoms with Crippen LogP contribution in [0.15, 0.2) is 61.2 Å². The molecule has 0 saturated heterocycles.